The molecular weight excluding hydrogens is 120 g/mol. The summed E-state index contributed by atoms with van der Waals surface area (Å²) in [7, 11) is 0. The molecule has 1 aliphatic heterocycles. The molecule has 3 heteroatoms. The molecular formula is C6H11O3. The van der Waals surface area contributed by atoms with Crippen LogP contribution in [0, 0.1) is 6.61 Å². The van der Waals surface area contributed by atoms with Crippen LogP contribution in [0.15, 0.2) is 0 Å². The lowest BCUT2D eigenvalue weighted by Gasteiger charge is -2.24. The van der Waals surface area contributed by atoms with Crippen molar-refractivity contribution in [1.82, 2.24) is 0 Å². The second-order valence-electron chi connectivity index (χ2n) is 2.24. The third kappa shape index (κ3) is 1.93. The van der Waals surface area contributed by atoms with Gasteiger partial charge in [-0.1, -0.05) is 0 Å². The number of hydrogen-bond donors (Lipinski definition) is 2. The molecule has 0 bridgehead atoms. The minimum Gasteiger partial charge on any atom is -0.393 e. The number of hydrogen-bond acceptors (Lipinski definition) is 3. The standard InChI is InChI=1S/C6H11O3/c7-4-6-3-5(8)1-2-9-6/h4-8H,1-3H2. The van der Waals surface area contributed by atoms with E-state index in [1.54, 1.807) is 0 Å². The summed E-state index contributed by atoms with van der Waals surface area (Å²) in [6, 6.07) is 0. The van der Waals surface area contributed by atoms with Gasteiger partial charge in [0.25, 0.3) is 0 Å². The molecule has 0 aromatic heterocycles. The molecule has 2 N–H and O–H groups in total. The first-order valence-electron chi connectivity index (χ1n) is 3.10. The number of aliphatic hydroxyl groups is 2. The quantitative estimate of drug-likeness (QED) is 0.529. The van der Waals surface area contributed by atoms with E-state index >= 15 is 0 Å². The number of aliphatic hydroxyl groups excluding tert-OH is 2. The molecule has 0 saturated carbocycles. The fourth-order valence-electron chi connectivity index (χ4n) is 0.913. The molecule has 1 fully saturated rings. The van der Waals surface area contributed by atoms with Crippen molar-refractivity contribution in [1.29, 1.82) is 0 Å². The van der Waals surface area contributed by atoms with Crippen LogP contribution < -0.4 is 0 Å². The van der Waals surface area contributed by atoms with E-state index in [2.05, 4.69) is 0 Å². The molecule has 0 amide bonds. The predicted molar refractivity (Wildman–Crippen MR) is 31.2 cm³/mol. The SMILES string of the molecule is O[CH]C1CC(O)CCO1. The van der Waals surface area contributed by atoms with Gasteiger partial charge in [-0.3, -0.25) is 0 Å². The summed E-state index contributed by atoms with van der Waals surface area (Å²) in [6.07, 6.45) is 0.654. The second-order valence-corrected chi connectivity index (χ2v) is 2.24. The Balaban J connectivity index is 2.23. The Bertz CT molecular complexity index is 84.4. The van der Waals surface area contributed by atoms with Gasteiger partial charge in [0.1, 0.15) is 6.61 Å². The van der Waals surface area contributed by atoms with Crippen LogP contribution in [0.3, 0.4) is 0 Å². The van der Waals surface area contributed by atoms with Gasteiger partial charge in [0.15, 0.2) is 0 Å². The monoisotopic (exact) mass is 131 g/mol. The predicted octanol–water partition coefficient (Wildman–Crippen LogP) is 0.0606. The first-order chi connectivity index (χ1) is 4.33. The molecule has 0 aromatic rings. The van der Waals surface area contributed by atoms with Gasteiger partial charge in [0.05, 0.1) is 12.2 Å². The van der Waals surface area contributed by atoms with Crippen LogP contribution in [0.25, 0.3) is 0 Å². The molecule has 0 spiro atoms. The van der Waals surface area contributed by atoms with Crippen LogP contribution in [0.5, 0.6) is 0 Å². The fourth-order valence-corrected chi connectivity index (χ4v) is 0.913. The number of rotatable bonds is 1. The van der Waals surface area contributed by atoms with Crippen molar-refractivity contribution in [3.8, 4) is 0 Å². The van der Waals surface area contributed by atoms with Gasteiger partial charge in [-0.2, -0.15) is 0 Å². The topological polar surface area (TPSA) is 49.7 Å². The molecule has 1 aliphatic rings. The van der Waals surface area contributed by atoms with Crippen LogP contribution in [-0.4, -0.2) is 29.0 Å². The van der Waals surface area contributed by atoms with E-state index in [-0.39, 0.29) is 12.2 Å². The molecule has 1 saturated heterocycles. The highest BCUT2D eigenvalue weighted by molar-refractivity contribution is 4.74. The maximum Gasteiger partial charge on any atom is 0.109 e. The Kier molecular flexibility index (Phi) is 2.45. The molecule has 0 aliphatic carbocycles. The van der Waals surface area contributed by atoms with Gasteiger partial charge < -0.3 is 14.9 Å². The first kappa shape index (κ1) is 6.99. The summed E-state index contributed by atoms with van der Waals surface area (Å²) in [4.78, 5) is 0. The summed E-state index contributed by atoms with van der Waals surface area (Å²) in [6.45, 7) is 1.53. The van der Waals surface area contributed by atoms with Crippen molar-refractivity contribution < 1.29 is 14.9 Å². The van der Waals surface area contributed by atoms with E-state index in [4.69, 9.17) is 14.9 Å². The van der Waals surface area contributed by atoms with Crippen LogP contribution in [-0.2, 0) is 4.74 Å². The summed E-state index contributed by atoms with van der Waals surface area (Å²) in [5.41, 5.74) is 0. The third-order valence-electron chi connectivity index (χ3n) is 1.45. The van der Waals surface area contributed by atoms with E-state index in [0.29, 0.717) is 19.4 Å². The second kappa shape index (κ2) is 3.15. The van der Waals surface area contributed by atoms with Crippen molar-refractivity contribution in [2.45, 2.75) is 25.0 Å². The summed E-state index contributed by atoms with van der Waals surface area (Å²) in [5, 5.41) is 17.4. The van der Waals surface area contributed by atoms with Crippen molar-refractivity contribution in [2.24, 2.45) is 0 Å². The average molecular weight is 131 g/mol. The van der Waals surface area contributed by atoms with Crippen molar-refractivity contribution in [3.63, 3.8) is 0 Å². The Labute approximate surface area is 54.3 Å². The molecule has 1 rings (SSSR count). The lowest BCUT2D eigenvalue weighted by Crippen LogP contribution is -2.28. The molecule has 1 heterocycles. The summed E-state index contributed by atoms with van der Waals surface area (Å²) in [5.74, 6) is 0. The highest BCUT2D eigenvalue weighted by Crippen LogP contribution is 2.13. The maximum absolute atomic E-state index is 9.00. The Morgan fingerprint density at radius 1 is 1.56 bits per heavy atom. The number of ether oxygens (including phenoxy) is 1. The Hall–Kier alpha value is -0.120. The van der Waals surface area contributed by atoms with E-state index in [9.17, 15) is 0 Å². The minimum absolute atomic E-state index is 0.256. The highest BCUT2D eigenvalue weighted by Gasteiger charge is 2.19. The Morgan fingerprint density at radius 3 is 2.78 bits per heavy atom. The van der Waals surface area contributed by atoms with Gasteiger partial charge in [-0.05, 0) is 6.42 Å². The van der Waals surface area contributed by atoms with Gasteiger partial charge >= 0.3 is 0 Å². The smallest absolute Gasteiger partial charge is 0.109 e. The average Bonchev–Trinajstić information content (AvgIpc) is 1.88. The van der Waals surface area contributed by atoms with Crippen molar-refractivity contribution in [2.75, 3.05) is 6.61 Å². The normalized spacial score (nSPS) is 36.7. The van der Waals surface area contributed by atoms with Gasteiger partial charge in [0, 0.05) is 13.0 Å². The van der Waals surface area contributed by atoms with E-state index in [1.165, 1.54) is 0 Å². The molecule has 9 heavy (non-hydrogen) atoms. The molecule has 3 nitrogen and oxygen atoms in total. The van der Waals surface area contributed by atoms with Gasteiger partial charge in [-0.15, -0.1) is 0 Å². The molecule has 2 unspecified atom stereocenters. The van der Waals surface area contributed by atoms with E-state index < -0.39 is 0 Å². The highest BCUT2D eigenvalue weighted by atomic mass is 16.5. The zero-order valence-electron chi connectivity index (χ0n) is 5.16. The van der Waals surface area contributed by atoms with E-state index in [0.717, 1.165) is 6.61 Å². The van der Waals surface area contributed by atoms with Gasteiger partial charge in [-0.25, -0.2) is 0 Å². The maximum atomic E-state index is 9.00. The molecule has 0 aromatic carbocycles. The summed E-state index contributed by atoms with van der Waals surface area (Å²) < 4.78 is 5.03. The molecule has 2 atom stereocenters. The molecule has 1 radical (unpaired) electrons. The van der Waals surface area contributed by atoms with E-state index in [1.807, 2.05) is 0 Å². The lowest BCUT2D eigenvalue weighted by atomic mass is 10.1. The third-order valence-corrected chi connectivity index (χ3v) is 1.45. The van der Waals surface area contributed by atoms with Crippen LogP contribution in [0.1, 0.15) is 12.8 Å². The first-order valence-corrected chi connectivity index (χ1v) is 3.10. The minimum atomic E-state index is -0.299. The fraction of sp³-hybridized carbons (Fsp3) is 0.833. The van der Waals surface area contributed by atoms with Crippen LogP contribution >= 0.6 is 0 Å². The van der Waals surface area contributed by atoms with Crippen molar-refractivity contribution >= 4 is 0 Å². The summed E-state index contributed by atoms with van der Waals surface area (Å²) >= 11 is 0. The van der Waals surface area contributed by atoms with Crippen LogP contribution in [0.4, 0.5) is 0 Å². The van der Waals surface area contributed by atoms with Crippen LogP contribution in [0.2, 0.25) is 0 Å². The lowest BCUT2D eigenvalue weighted by molar-refractivity contribution is -0.0448. The zero-order valence-corrected chi connectivity index (χ0v) is 5.16. The molecule has 53 valence electrons. The van der Waals surface area contributed by atoms with Crippen molar-refractivity contribution in [3.05, 3.63) is 6.61 Å². The largest absolute Gasteiger partial charge is 0.393 e. The Morgan fingerprint density at radius 2 is 2.33 bits per heavy atom. The zero-order chi connectivity index (χ0) is 6.69. The van der Waals surface area contributed by atoms with Gasteiger partial charge in [0.2, 0.25) is 0 Å².